The zero-order valence-corrected chi connectivity index (χ0v) is 18.5. The first-order valence-corrected chi connectivity index (χ1v) is 9.94. The van der Waals surface area contributed by atoms with E-state index >= 15 is 0 Å². The van der Waals surface area contributed by atoms with E-state index in [1.807, 2.05) is 19.1 Å². The van der Waals surface area contributed by atoms with Crippen LogP contribution in [-0.4, -0.2) is 38.0 Å². The van der Waals surface area contributed by atoms with Crippen LogP contribution < -0.4 is 25.6 Å². The van der Waals surface area contributed by atoms with E-state index in [1.165, 1.54) is 13.2 Å². The van der Waals surface area contributed by atoms with Crippen LogP contribution in [0.2, 0.25) is 0 Å². The molecule has 0 aliphatic rings. The van der Waals surface area contributed by atoms with Crippen LogP contribution in [-0.2, 0) is 10.2 Å². The number of carbonyl (C=O) groups excluding carboxylic acids is 3. The third kappa shape index (κ3) is 6.74. The smallest absolute Gasteiger partial charge is 0.269 e. The van der Waals surface area contributed by atoms with Crippen molar-refractivity contribution >= 4 is 17.7 Å². The first-order valence-electron chi connectivity index (χ1n) is 9.94. The van der Waals surface area contributed by atoms with Crippen molar-refractivity contribution in [2.24, 2.45) is 0 Å². The predicted molar refractivity (Wildman–Crippen MR) is 117 cm³/mol. The van der Waals surface area contributed by atoms with Crippen LogP contribution in [0.1, 0.15) is 54.0 Å². The van der Waals surface area contributed by atoms with Crippen molar-refractivity contribution in [1.29, 1.82) is 0 Å². The molecule has 8 heteroatoms. The molecule has 0 saturated carbocycles. The SMILES string of the molecule is CCOc1ccc(C(=O)NNC(=O)CNC(=O)c2ccc(C(C)(C)C)cc2)cc1OC. The standard InChI is InChI=1S/C23H29N3O5/c1-6-31-18-12-9-16(13-19(18)30-5)22(29)26-25-20(27)14-24-21(28)15-7-10-17(11-8-15)23(2,3)4/h7-13H,6,14H2,1-5H3,(H,24,28)(H,25,27)(H,26,29). The molecule has 0 aliphatic heterocycles. The molecule has 0 bridgehead atoms. The lowest BCUT2D eigenvalue weighted by Gasteiger charge is -2.19. The number of benzene rings is 2. The molecule has 0 unspecified atom stereocenters. The average Bonchev–Trinajstić information content (AvgIpc) is 2.75. The van der Waals surface area contributed by atoms with Gasteiger partial charge in [0.1, 0.15) is 0 Å². The highest BCUT2D eigenvalue weighted by atomic mass is 16.5. The average molecular weight is 428 g/mol. The second-order valence-corrected chi connectivity index (χ2v) is 7.81. The summed E-state index contributed by atoms with van der Waals surface area (Å²) in [7, 11) is 1.47. The normalized spacial score (nSPS) is 10.7. The molecule has 3 amide bonds. The van der Waals surface area contributed by atoms with Crippen molar-refractivity contribution in [2.45, 2.75) is 33.1 Å². The van der Waals surface area contributed by atoms with Crippen molar-refractivity contribution in [3.05, 3.63) is 59.2 Å². The van der Waals surface area contributed by atoms with Crippen LogP contribution in [0.5, 0.6) is 11.5 Å². The van der Waals surface area contributed by atoms with Crippen LogP contribution in [0.3, 0.4) is 0 Å². The summed E-state index contributed by atoms with van der Waals surface area (Å²) in [5.41, 5.74) is 6.40. The summed E-state index contributed by atoms with van der Waals surface area (Å²) in [6.45, 7) is 8.28. The molecule has 0 saturated heterocycles. The van der Waals surface area contributed by atoms with Crippen LogP contribution in [0, 0.1) is 0 Å². The van der Waals surface area contributed by atoms with Gasteiger partial charge in [0.2, 0.25) is 0 Å². The number of amides is 3. The molecule has 0 atom stereocenters. The van der Waals surface area contributed by atoms with Gasteiger partial charge in [0.05, 0.1) is 20.3 Å². The Hall–Kier alpha value is -3.55. The van der Waals surface area contributed by atoms with E-state index in [0.717, 1.165) is 5.56 Å². The Bertz CT molecular complexity index is 933. The van der Waals surface area contributed by atoms with E-state index < -0.39 is 11.8 Å². The van der Waals surface area contributed by atoms with Crippen LogP contribution in [0.25, 0.3) is 0 Å². The molecule has 8 nitrogen and oxygen atoms in total. The third-order valence-electron chi connectivity index (χ3n) is 4.46. The van der Waals surface area contributed by atoms with Gasteiger partial charge in [0.25, 0.3) is 17.7 Å². The second kappa shape index (κ2) is 10.5. The molecule has 0 fully saturated rings. The molecule has 0 heterocycles. The summed E-state index contributed by atoms with van der Waals surface area (Å²) in [6, 6.07) is 11.9. The van der Waals surface area contributed by atoms with Crippen LogP contribution in [0.15, 0.2) is 42.5 Å². The Kier molecular flexibility index (Phi) is 8.01. The molecular formula is C23H29N3O5. The molecule has 0 aliphatic carbocycles. The van der Waals surface area contributed by atoms with E-state index in [4.69, 9.17) is 9.47 Å². The van der Waals surface area contributed by atoms with Gasteiger partial charge in [-0.05, 0) is 48.2 Å². The quantitative estimate of drug-likeness (QED) is 0.589. The van der Waals surface area contributed by atoms with E-state index in [2.05, 4.69) is 36.9 Å². The summed E-state index contributed by atoms with van der Waals surface area (Å²) in [6.07, 6.45) is 0. The number of rotatable bonds is 7. The van der Waals surface area contributed by atoms with Crippen molar-refractivity contribution in [3.8, 4) is 11.5 Å². The topological polar surface area (TPSA) is 106 Å². The van der Waals surface area contributed by atoms with E-state index in [1.54, 1.807) is 24.3 Å². The number of hydrazine groups is 1. The van der Waals surface area contributed by atoms with Gasteiger partial charge >= 0.3 is 0 Å². The summed E-state index contributed by atoms with van der Waals surface area (Å²) >= 11 is 0. The first-order chi connectivity index (χ1) is 14.7. The maximum atomic E-state index is 12.2. The third-order valence-corrected chi connectivity index (χ3v) is 4.46. The molecule has 2 aromatic carbocycles. The van der Waals surface area contributed by atoms with Gasteiger partial charge in [-0.1, -0.05) is 32.9 Å². The lowest BCUT2D eigenvalue weighted by atomic mass is 9.87. The van der Waals surface area contributed by atoms with Crippen molar-refractivity contribution in [1.82, 2.24) is 16.2 Å². The summed E-state index contributed by atoms with van der Waals surface area (Å²) in [4.78, 5) is 36.4. The Morgan fingerprint density at radius 3 is 2.10 bits per heavy atom. The molecule has 0 spiro atoms. The summed E-state index contributed by atoms with van der Waals surface area (Å²) in [5, 5.41) is 2.52. The van der Waals surface area contributed by atoms with Crippen LogP contribution in [0.4, 0.5) is 0 Å². The highest BCUT2D eigenvalue weighted by Crippen LogP contribution is 2.28. The number of hydrogen-bond donors (Lipinski definition) is 3. The minimum absolute atomic E-state index is 0.0134. The molecule has 166 valence electrons. The Labute approximate surface area is 182 Å². The maximum Gasteiger partial charge on any atom is 0.269 e. The zero-order valence-electron chi connectivity index (χ0n) is 18.5. The lowest BCUT2D eigenvalue weighted by Crippen LogP contribution is -2.46. The van der Waals surface area contributed by atoms with Gasteiger partial charge in [-0.3, -0.25) is 25.2 Å². The minimum Gasteiger partial charge on any atom is -0.493 e. The Balaban J connectivity index is 1.85. The molecular weight excluding hydrogens is 398 g/mol. The molecule has 2 aromatic rings. The molecule has 31 heavy (non-hydrogen) atoms. The number of ether oxygens (including phenoxy) is 2. The minimum atomic E-state index is -0.564. The second-order valence-electron chi connectivity index (χ2n) is 7.81. The van der Waals surface area contributed by atoms with Crippen molar-refractivity contribution in [3.63, 3.8) is 0 Å². The van der Waals surface area contributed by atoms with Gasteiger partial charge in [0.15, 0.2) is 11.5 Å². The largest absolute Gasteiger partial charge is 0.493 e. The predicted octanol–water partition coefficient (Wildman–Crippen LogP) is 2.58. The van der Waals surface area contributed by atoms with Gasteiger partial charge in [-0.25, -0.2) is 0 Å². The van der Waals surface area contributed by atoms with Gasteiger partial charge in [0, 0.05) is 11.1 Å². The number of hydrogen-bond acceptors (Lipinski definition) is 5. The van der Waals surface area contributed by atoms with Crippen molar-refractivity contribution < 1.29 is 23.9 Å². The van der Waals surface area contributed by atoms with Gasteiger partial charge < -0.3 is 14.8 Å². The molecule has 3 N–H and O–H groups in total. The van der Waals surface area contributed by atoms with Gasteiger partial charge in [-0.15, -0.1) is 0 Å². The highest BCUT2D eigenvalue weighted by molar-refractivity contribution is 5.98. The number of nitrogens with one attached hydrogen (secondary N) is 3. The van der Waals surface area contributed by atoms with E-state index in [9.17, 15) is 14.4 Å². The fraction of sp³-hybridized carbons (Fsp3) is 0.348. The monoisotopic (exact) mass is 427 g/mol. The first kappa shape index (κ1) is 23.7. The van der Waals surface area contributed by atoms with Crippen molar-refractivity contribution in [2.75, 3.05) is 20.3 Å². The molecule has 2 rings (SSSR count). The Morgan fingerprint density at radius 2 is 1.52 bits per heavy atom. The lowest BCUT2D eigenvalue weighted by molar-refractivity contribution is -0.120. The Morgan fingerprint density at radius 1 is 0.871 bits per heavy atom. The zero-order chi connectivity index (χ0) is 23.0. The molecule has 0 aromatic heterocycles. The van der Waals surface area contributed by atoms with E-state index in [-0.39, 0.29) is 23.4 Å². The summed E-state index contributed by atoms with van der Waals surface area (Å²) < 4.78 is 10.6. The number of carbonyl (C=O) groups is 3. The molecule has 0 radical (unpaired) electrons. The summed E-state index contributed by atoms with van der Waals surface area (Å²) in [5.74, 6) is -0.544. The maximum absolute atomic E-state index is 12.2. The highest BCUT2D eigenvalue weighted by Gasteiger charge is 2.15. The van der Waals surface area contributed by atoms with E-state index in [0.29, 0.717) is 23.7 Å². The fourth-order valence-electron chi connectivity index (χ4n) is 2.71. The fourth-order valence-corrected chi connectivity index (χ4v) is 2.71. The van der Waals surface area contributed by atoms with Crippen LogP contribution >= 0.6 is 0 Å². The van der Waals surface area contributed by atoms with Gasteiger partial charge in [-0.2, -0.15) is 0 Å². The number of methoxy groups -OCH3 is 1.